The molecule has 0 radical (unpaired) electrons. The summed E-state index contributed by atoms with van der Waals surface area (Å²) in [6, 6.07) is 7.35. The van der Waals surface area contributed by atoms with Gasteiger partial charge in [0, 0.05) is 18.0 Å². The van der Waals surface area contributed by atoms with E-state index in [1.807, 2.05) is 6.07 Å². The Hall–Kier alpha value is -1.64. The predicted molar refractivity (Wildman–Crippen MR) is 58.2 cm³/mol. The van der Waals surface area contributed by atoms with E-state index in [9.17, 15) is 10.1 Å². The Labute approximate surface area is 97.0 Å². The van der Waals surface area contributed by atoms with Gasteiger partial charge in [-0.15, -0.1) is 11.6 Å². The third kappa shape index (κ3) is 2.13. The minimum absolute atomic E-state index is 0.0666. The van der Waals surface area contributed by atoms with Crippen LogP contribution in [-0.4, -0.2) is 22.5 Å². The number of non-ortho nitro benzene ring substituents is 1. The maximum atomic E-state index is 10.4. The van der Waals surface area contributed by atoms with Crippen LogP contribution in [0.3, 0.4) is 0 Å². The largest absolute Gasteiger partial charge is 0.394 e. The molecule has 0 heterocycles. The normalized spacial score (nSPS) is 13.8. The van der Waals surface area contributed by atoms with E-state index >= 15 is 0 Å². The van der Waals surface area contributed by atoms with Crippen molar-refractivity contribution in [2.75, 3.05) is 12.5 Å². The van der Waals surface area contributed by atoms with E-state index in [1.165, 1.54) is 24.3 Å². The first-order valence-electron chi connectivity index (χ1n) is 4.42. The summed E-state index contributed by atoms with van der Waals surface area (Å²) in [4.78, 5) is 9.91. The molecule has 0 saturated heterocycles. The molecule has 0 bridgehead atoms. The number of benzene rings is 1. The van der Waals surface area contributed by atoms with Crippen molar-refractivity contribution in [3.63, 3.8) is 0 Å². The summed E-state index contributed by atoms with van der Waals surface area (Å²) in [5, 5.41) is 28.6. The van der Waals surface area contributed by atoms with Crippen LogP contribution in [0.1, 0.15) is 5.56 Å². The van der Waals surface area contributed by atoms with Crippen molar-refractivity contribution >= 4 is 17.3 Å². The fourth-order valence-corrected chi connectivity index (χ4v) is 1.54. The molecule has 1 rings (SSSR count). The lowest BCUT2D eigenvalue weighted by Crippen LogP contribution is -2.30. The van der Waals surface area contributed by atoms with Crippen LogP contribution in [0.15, 0.2) is 24.3 Å². The summed E-state index contributed by atoms with van der Waals surface area (Å²) in [5.74, 6) is -0.0716. The van der Waals surface area contributed by atoms with E-state index in [2.05, 4.69) is 0 Å². The van der Waals surface area contributed by atoms with Crippen LogP contribution in [0.5, 0.6) is 0 Å². The van der Waals surface area contributed by atoms with Gasteiger partial charge in [-0.25, -0.2) is 0 Å². The molecule has 0 aliphatic rings. The fourth-order valence-electron chi connectivity index (χ4n) is 1.24. The lowest BCUT2D eigenvalue weighted by atomic mass is 9.85. The maximum Gasteiger partial charge on any atom is 0.269 e. The molecule has 0 fully saturated rings. The number of hydrogen-bond donors (Lipinski definition) is 1. The molecule has 1 aromatic rings. The van der Waals surface area contributed by atoms with Crippen molar-refractivity contribution in [3.05, 3.63) is 39.9 Å². The highest BCUT2D eigenvalue weighted by atomic mass is 35.5. The smallest absolute Gasteiger partial charge is 0.269 e. The van der Waals surface area contributed by atoms with Crippen LogP contribution in [0.2, 0.25) is 0 Å². The second-order valence-electron chi connectivity index (χ2n) is 3.29. The quantitative estimate of drug-likeness (QED) is 0.492. The molecular weight excluding hydrogens is 232 g/mol. The number of aliphatic hydroxyl groups excluding tert-OH is 1. The number of alkyl halides is 1. The Morgan fingerprint density at radius 1 is 1.50 bits per heavy atom. The van der Waals surface area contributed by atoms with E-state index in [0.29, 0.717) is 5.56 Å². The summed E-state index contributed by atoms with van der Waals surface area (Å²) in [6.07, 6.45) is 0. The van der Waals surface area contributed by atoms with Crippen molar-refractivity contribution in [3.8, 4) is 6.07 Å². The van der Waals surface area contributed by atoms with Crippen molar-refractivity contribution < 1.29 is 10.0 Å². The molecule has 84 valence electrons. The highest BCUT2D eigenvalue weighted by Gasteiger charge is 2.31. The molecular formula is C10H9ClN2O3. The molecule has 0 amide bonds. The van der Waals surface area contributed by atoms with Crippen LogP contribution in [0.4, 0.5) is 5.69 Å². The molecule has 16 heavy (non-hydrogen) atoms. The highest BCUT2D eigenvalue weighted by molar-refractivity contribution is 6.19. The molecule has 1 aromatic carbocycles. The van der Waals surface area contributed by atoms with Crippen LogP contribution in [-0.2, 0) is 5.41 Å². The molecule has 0 saturated carbocycles. The number of halogens is 1. The van der Waals surface area contributed by atoms with E-state index < -0.39 is 16.9 Å². The van der Waals surface area contributed by atoms with Crippen LogP contribution >= 0.6 is 11.6 Å². The van der Waals surface area contributed by atoms with Crippen LogP contribution in [0.25, 0.3) is 0 Å². The molecule has 1 N–H and O–H groups in total. The molecule has 1 unspecified atom stereocenters. The van der Waals surface area contributed by atoms with Gasteiger partial charge in [-0.3, -0.25) is 10.1 Å². The Morgan fingerprint density at radius 2 is 2.06 bits per heavy atom. The standard InChI is InChI=1S/C10H9ClN2O3/c11-5-10(6-12,7-14)8-1-3-9(4-2-8)13(15)16/h1-4,14H,5,7H2. The summed E-state index contributed by atoms with van der Waals surface area (Å²) in [6.45, 7) is -0.426. The van der Waals surface area contributed by atoms with E-state index in [0.717, 1.165) is 0 Å². The first-order valence-corrected chi connectivity index (χ1v) is 4.96. The third-order valence-corrected chi connectivity index (χ3v) is 2.80. The second kappa shape index (κ2) is 4.92. The lowest BCUT2D eigenvalue weighted by molar-refractivity contribution is -0.384. The van der Waals surface area contributed by atoms with Gasteiger partial charge in [-0.1, -0.05) is 12.1 Å². The van der Waals surface area contributed by atoms with Crippen LogP contribution < -0.4 is 0 Å². The van der Waals surface area contributed by atoms with Gasteiger partial charge in [-0.2, -0.15) is 5.26 Å². The lowest BCUT2D eigenvalue weighted by Gasteiger charge is -2.21. The minimum Gasteiger partial charge on any atom is -0.394 e. The Balaban J connectivity index is 3.14. The molecule has 5 nitrogen and oxygen atoms in total. The highest BCUT2D eigenvalue weighted by Crippen LogP contribution is 2.26. The Kier molecular flexibility index (Phi) is 3.82. The summed E-state index contributed by atoms with van der Waals surface area (Å²) in [7, 11) is 0. The van der Waals surface area contributed by atoms with Crippen LogP contribution in [0, 0.1) is 21.4 Å². The number of nitro groups is 1. The average molecular weight is 241 g/mol. The third-order valence-electron chi connectivity index (χ3n) is 2.34. The van der Waals surface area contributed by atoms with E-state index in [-0.39, 0.29) is 11.6 Å². The van der Waals surface area contributed by atoms with E-state index in [4.69, 9.17) is 22.0 Å². The molecule has 0 spiro atoms. The second-order valence-corrected chi connectivity index (χ2v) is 3.56. The van der Waals surface area contributed by atoms with Gasteiger partial charge in [0.1, 0.15) is 5.41 Å². The summed E-state index contributed by atoms with van der Waals surface area (Å²) >= 11 is 5.65. The Bertz CT molecular complexity index is 421. The summed E-state index contributed by atoms with van der Waals surface area (Å²) in [5.41, 5.74) is -0.794. The first-order chi connectivity index (χ1) is 7.59. The SMILES string of the molecule is N#CC(CO)(CCl)c1ccc([N+](=O)[O-])cc1. The zero-order chi connectivity index (χ0) is 12.2. The molecule has 0 aromatic heterocycles. The minimum atomic E-state index is -1.20. The predicted octanol–water partition coefficient (Wildman–Crippen LogP) is 1.59. The average Bonchev–Trinajstić information content (AvgIpc) is 2.33. The van der Waals surface area contributed by atoms with Gasteiger partial charge in [0.15, 0.2) is 0 Å². The summed E-state index contributed by atoms with van der Waals surface area (Å²) < 4.78 is 0. The van der Waals surface area contributed by atoms with Crippen molar-refractivity contribution in [2.45, 2.75) is 5.41 Å². The van der Waals surface area contributed by atoms with Gasteiger partial charge in [0.25, 0.3) is 5.69 Å². The molecule has 0 aliphatic heterocycles. The number of nitrogens with zero attached hydrogens (tertiary/aromatic N) is 2. The molecule has 1 atom stereocenters. The molecule has 0 aliphatic carbocycles. The fraction of sp³-hybridized carbons (Fsp3) is 0.300. The van der Waals surface area contributed by atoms with Gasteiger partial charge in [0.2, 0.25) is 0 Å². The number of hydrogen-bond acceptors (Lipinski definition) is 4. The zero-order valence-electron chi connectivity index (χ0n) is 8.26. The first kappa shape index (κ1) is 12.4. The van der Waals surface area contributed by atoms with E-state index in [1.54, 1.807) is 0 Å². The zero-order valence-corrected chi connectivity index (χ0v) is 9.02. The van der Waals surface area contributed by atoms with Crippen molar-refractivity contribution in [2.24, 2.45) is 0 Å². The van der Waals surface area contributed by atoms with Crippen molar-refractivity contribution in [1.29, 1.82) is 5.26 Å². The monoisotopic (exact) mass is 240 g/mol. The van der Waals surface area contributed by atoms with Gasteiger partial charge in [0.05, 0.1) is 17.6 Å². The van der Waals surface area contributed by atoms with Gasteiger partial charge < -0.3 is 5.11 Å². The number of nitro benzene ring substituents is 1. The Morgan fingerprint density at radius 3 is 2.38 bits per heavy atom. The topological polar surface area (TPSA) is 87.2 Å². The van der Waals surface area contributed by atoms with Crippen molar-refractivity contribution in [1.82, 2.24) is 0 Å². The van der Waals surface area contributed by atoms with Gasteiger partial charge >= 0.3 is 0 Å². The number of nitriles is 1. The number of rotatable bonds is 4. The molecule has 6 heteroatoms. The van der Waals surface area contributed by atoms with Gasteiger partial charge in [-0.05, 0) is 5.56 Å². The maximum absolute atomic E-state index is 10.4. The number of aliphatic hydroxyl groups is 1.